The highest BCUT2D eigenvalue weighted by molar-refractivity contribution is 7.92. The fraction of sp³-hybridized carbons (Fsp3) is 0.143. The summed E-state index contributed by atoms with van der Waals surface area (Å²) in [6.07, 6.45) is 0. The van der Waals surface area contributed by atoms with Crippen LogP contribution in [0.3, 0.4) is 0 Å². The summed E-state index contributed by atoms with van der Waals surface area (Å²) in [5.41, 5.74) is 1.44. The van der Waals surface area contributed by atoms with E-state index in [1.807, 2.05) is 13.1 Å². The first kappa shape index (κ1) is 14.5. The quantitative estimate of drug-likeness (QED) is 0.890. The molecule has 2 rings (SSSR count). The van der Waals surface area contributed by atoms with Crippen molar-refractivity contribution in [2.24, 2.45) is 0 Å². The molecule has 0 aliphatic rings. The van der Waals surface area contributed by atoms with Gasteiger partial charge in [0, 0.05) is 12.2 Å². The number of nitrogens with one attached hydrogen (secondary N) is 2. The molecule has 0 radical (unpaired) electrons. The topological polar surface area (TPSA) is 58.2 Å². The average Bonchev–Trinajstić information content (AvgIpc) is 2.39. The molecule has 0 aliphatic heterocycles. The second kappa shape index (κ2) is 6.02. The minimum absolute atomic E-state index is 0.0259. The maximum atomic E-state index is 12.8. The van der Waals surface area contributed by atoms with Crippen LogP contribution in [0.25, 0.3) is 0 Å². The molecule has 20 heavy (non-hydrogen) atoms. The van der Waals surface area contributed by atoms with E-state index in [1.54, 1.807) is 18.2 Å². The molecule has 0 bridgehead atoms. The third kappa shape index (κ3) is 3.55. The summed E-state index contributed by atoms with van der Waals surface area (Å²) in [6.45, 7) is 0.645. The SMILES string of the molecule is CNCc1cccc(NS(=O)(=O)c2ccc(F)cc2)c1. The Morgan fingerprint density at radius 2 is 1.80 bits per heavy atom. The molecule has 0 unspecified atom stereocenters. The molecule has 0 heterocycles. The molecule has 0 fully saturated rings. The predicted molar refractivity (Wildman–Crippen MR) is 76.4 cm³/mol. The Balaban J connectivity index is 2.24. The number of halogens is 1. The second-order valence-electron chi connectivity index (χ2n) is 4.29. The molecule has 0 atom stereocenters. The van der Waals surface area contributed by atoms with Crippen molar-refractivity contribution >= 4 is 15.7 Å². The van der Waals surface area contributed by atoms with Gasteiger partial charge < -0.3 is 5.32 Å². The van der Waals surface area contributed by atoms with E-state index in [9.17, 15) is 12.8 Å². The first-order valence-corrected chi connectivity index (χ1v) is 7.51. The van der Waals surface area contributed by atoms with Gasteiger partial charge in [-0.1, -0.05) is 12.1 Å². The largest absolute Gasteiger partial charge is 0.316 e. The highest BCUT2D eigenvalue weighted by Gasteiger charge is 2.14. The molecule has 6 heteroatoms. The van der Waals surface area contributed by atoms with Gasteiger partial charge in [-0.2, -0.15) is 0 Å². The smallest absolute Gasteiger partial charge is 0.261 e. The molecule has 0 spiro atoms. The molecule has 4 nitrogen and oxygen atoms in total. The molecule has 2 aromatic carbocycles. The van der Waals surface area contributed by atoms with Crippen LogP contribution in [0, 0.1) is 5.82 Å². The van der Waals surface area contributed by atoms with Crippen LogP contribution in [0.2, 0.25) is 0 Å². The number of hydrogen-bond acceptors (Lipinski definition) is 3. The van der Waals surface area contributed by atoms with Crippen molar-refractivity contribution < 1.29 is 12.8 Å². The summed E-state index contributed by atoms with van der Waals surface area (Å²) in [5, 5.41) is 2.99. The monoisotopic (exact) mass is 294 g/mol. The van der Waals surface area contributed by atoms with Crippen LogP contribution in [0.5, 0.6) is 0 Å². The fourth-order valence-electron chi connectivity index (χ4n) is 1.78. The van der Waals surface area contributed by atoms with E-state index in [0.717, 1.165) is 17.7 Å². The van der Waals surface area contributed by atoms with Crippen molar-refractivity contribution in [2.45, 2.75) is 11.4 Å². The first-order chi connectivity index (χ1) is 9.51. The lowest BCUT2D eigenvalue weighted by Gasteiger charge is -2.09. The molecule has 106 valence electrons. The number of hydrogen-bond donors (Lipinski definition) is 2. The van der Waals surface area contributed by atoms with Crippen molar-refractivity contribution in [1.29, 1.82) is 0 Å². The Kier molecular flexibility index (Phi) is 4.36. The maximum Gasteiger partial charge on any atom is 0.261 e. The Labute approximate surface area is 117 Å². The maximum absolute atomic E-state index is 12.8. The van der Waals surface area contributed by atoms with Gasteiger partial charge in [-0.05, 0) is 49.0 Å². The second-order valence-corrected chi connectivity index (χ2v) is 5.97. The van der Waals surface area contributed by atoms with Crippen molar-refractivity contribution in [2.75, 3.05) is 11.8 Å². The van der Waals surface area contributed by atoms with Crippen LogP contribution in [-0.4, -0.2) is 15.5 Å². The normalized spacial score (nSPS) is 11.3. The van der Waals surface area contributed by atoms with Gasteiger partial charge in [-0.3, -0.25) is 4.72 Å². The highest BCUT2D eigenvalue weighted by Crippen LogP contribution is 2.17. The summed E-state index contributed by atoms with van der Waals surface area (Å²) in [6, 6.07) is 11.8. The lowest BCUT2D eigenvalue weighted by atomic mass is 10.2. The lowest BCUT2D eigenvalue weighted by Crippen LogP contribution is -2.13. The van der Waals surface area contributed by atoms with Gasteiger partial charge >= 0.3 is 0 Å². The first-order valence-electron chi connectivity index (χ1n) is 6.03. The molecule has 0 saturated carbocycles. The predicted octanol–water partition coefficient (Wildman–Crippen LogP) is 2.35. The van der Waals surface area contributed by atoms with E-state index in [0.29, 0.717) is 12.2 Å². The number of anilines is 1. The van der Waals surface area contributed by atoms with Crippen LogP contribution in [0.1, 0.15) is 5.56 Å². The van der Waals surface area contributed by atoms with E-state index >= 15 is 0 Å². The Bertz CT molecular complexity index is 685. The van der Waals surface area contributed by atoms with E-state index in [1.165, 1.54) is 12.1 Å². The third-order valence-electron chi connectivity index (χ3n) is 2.68. The van der Waals surface area contributed by atoms with Gasteiger partial charge in [0.15, 0.2) is 0 Å². The van der Waals surface area contributed by atoms with Crippen molar-refractivity contribution in [3.63, 3.8) is 0 Å². The Morgan fingerprint density at radius 3 is 2.45 bits per heavy atom. The van der Waals surface area contributed by atoms with Crippen LogP contribution in [0.4, 0.5) is 10.1 Å². The van der Waals surface area contributed by atoms with Crippen molar-refractivity contribution in [1.82, 2.24) is 5.32 Å². The van der Waals surface area contributed by atoms with Crippen LogP contribution >= 0.6 is 0 Å². The van der Waals surface area contributed by atoms with Gasteiger partial charge in [0.2, 0.25) is 0 Å². The van der Waals surface area contributed by atoms with Crippen LogP contribution < -0.4 is 10.0 Å². The average molecular weight is 294 g/mol. The molecule has 0 aromatic heterocycles. The van der Waals surface area contributed by atoms with Crippen molar-refractivity contribution in [3.8, 4) is 0 Å². The third-order valence-corrected chi connectivity index (χ3v) is 4.08. The van der Waals surface area contributed by atoms with Gasteiger partial charge in [-0.15, -0.1) is 0 Å². The number of sulfonamides is 1. The fourth-order valence-corrected chi connectivity index (χ4v) is 2.83. The van der Waals surface area contributed by atoms with Gasteiger partial charge in [0.05, 0.1) is 4.90 Å². The van der Waals surface area contributed by atoms with E-state index in [4.69, 9.17) is 0 Å². The molecular weight excluding hydrogens is 279 g/mol. The zero-order valence-corrected chi connectivity index (χ0v) is 11.7. The zero-order valence-electron chi connectivity index (χ0n) is 10.9. The minimum Gasteiger partial charge on any atom is -0.316 e. The summed E-state index contributed by atoms with van der Waals surface area (Å²) >= 11 is 0. The highest BCUT2D eigenvalue weighted by atomic mass is 32.2. The van der Waals surface area contributed by atoms with Gasteiger partial charge in [0.1, 0.15) is 5.82 Å². The molecular formula is C14H15FN2O2S. The summed E-state index contributed by atoms with van der Waals surface area (Å²) in [4.78, 5) is 0.0259. The zero-order chi connectivity index (χ0) is 14.6. The molecule has 0 saturated heterocycles. The Hall–Kier alpha value is -1.92. The van der Waals surface area contributed by atoms with Gasteiger partial charge in [-0.25, -0.2) is 12.8 Å². The minimum atomic E-state index is -3.70. The lowest BCUT2D eigenvalue weighted by molar-refractivity contribution is 0.599. The Morgan fingerprint density at radius 1 is 1.10 bits per heavy atom. The van der Waals surface area contributed by atoms with E-state index < -0.39 is 15.8 Å². The van der Waals surface area contributed by atoms with Crippen molar-refractivity contribution in [3.05, 3.63) is 59.9 Å². The summed E-state index contributed by atoms with van der Waals surface area (Å²) < 4.78 is 39.6. The number of benzene rings is 2. The molecule has 0 aliphatic carbocycles. The van der Waals surface area contributed by atoms with Crippen LogP contribution in [-0.2, 0) is 16.6 Å². The molecule has 2 aromatic rings. The molecule has 0 amide bonds. The van der Waals surface area contributed by atoms with E-state index in [-0.39, 0.29) is 4.90 Å². The molecule has 2 N–H and O–H groups in total. The van der Waals surface area contributed by atoms with E-state index in [2.05, 4.69) is 10.0 Å². The summed E-state index contributed by atoms with van der Waals surface area (Å²) in [5.74, 6) is -0.472. The summed E-state index contributed by atoms with van der Waals surface area (Å²) in [7, 11) is -1.88. The van der Waals surface area contributed by atoms with Crippen LogP contribution in [0.15, 0.2) is 53.4 Å². The standard InChI is InChI=1S/C14H15FN2O2S/c1-16-10-11-3-2-4-13(9-11)17-20(18,19)14-7-5-12(15)6-8-14/h2-9,16-17H,10H2,1H3. The van der Waals surface area contributed by atoms with Gasteiger partial charge in [0.25, 0.3) is 10.0 Å². The number of rotatable bonds is 5.